The summed E-state index contributed by atoms with van der Waals surface area (Å²) in [6.07, 6.45) is 4.42. The van der Waals surface area contributed by atoms with Crippen LogP contribution in [0.5, 0.6) is 0 Å². The van der Waals surface area contributed by atoms with E-state index in [0.29, 0.717) is 16.9 Å². The van der Waals surface area contributed by atoms with Crippen molar-refractivity contribution in [3.63, 3.8) is 0 Å². The molecule has 0 radical (unpaired) electrons. The molecule has 3 aromatic rings. The molecule has 2 heterocycles. The van der Waals surface area contributed by atoms with Crippen LogP contribution in [0.3, 0.4) is 0 Å². The van der Waals surface area contributed by atoms with Gasteiger partial charge in [-0.25, -0.2) is 4.98 Å². The van der Waals surface area contributed by atoms with Gasteiger partial charge in [-0.3, -0.25) is 14.9 Å². The number of H-pyrrole nitrogens is 1. The summed E-state index contributed by atoms with van der Waals surface area (Å²) >= 11 is 1.32. The highest BCUT2D eigenvalue weighted by Crippen LogP contribution is 2.23. The zero-order valence-corrected chi connectivity index (χ0v) is 17.2. The third kappa shape index (κ3) is 5.19. The standard InChI is InChI=1S/C21H25N5OS/c1-4-15-5-7-16(8-6-15)19(14(2)3)23-18(27)13-28-21-24-20(25-26-21)17-9-11-22-12-10-17/h5-12,14,19H,4,13H2,1-3H3,(H,23,27)(H,24,25,26)/t19-/m0/s1. The van der Waals surface area contributed by atoms with E-state index in [9.17, 15) is 4.79 Å². The number of thioether (sulfide) groups is 1. The van der Waals surface area contributed by atoms with Gasteiger partial charge in [0.1, 0.15) is 0 Å². The second kappa shape index (κ2) is 9.50. The topological polar surface area (TPSA) is 83.6 Å². The summed E-state index contributed by atoms with van der Waals surface area (Å²) in [7, 11) is 0. The van der Waals surface area contributed by atoms with E-state index in [1.54, 1.807) is 12.4 Å². The van der Waals surface area contributed by atoms with Crippen LogP contribution >= 0.6 is 11.8 Å². The van der Waals surface area contributed by atoms with Crippen molar-refractivity contribution in [2.45, 2.75) is 38.4 Å². The largest absolute Gasteiger partial charge is 0.348 e. The van der Waals surface area contributed by atoms with Crippen LogP contribution in [0.2, 0.25) is 0 Å². The molecule has 3 rings (SSSR count). The number of carbonyl (C=O) groups excluding carboxylic acids is 1. The summed E-state index contributed by atoms with van der Waals surface area (Å²) in [5, 5.41) is 10.8. The predicted octanol–water partition coefficient (Wildman–Crippen LogP) is 4.03. The second-order valence-electron chi connectivity index (χ2n) is 6.88. The van der Waals surface area contributed by atoms with Crippen LogP contribution < -0.4 is 5.32 Å². The van der Waals surface area contributed by atoms with Gasteiger partial charge in [-0.1, -0.05) is 56.8 Å². The van der Waals surface area contributed by atoms with Gasteiger partial charge in [0.25, 0.3) is 0 Å². The summed E-state index contributed by atoms with van der Waals surface area (Å²) in [5.41, 5.74) is 3.33. The summed E-state index contributed by atoms with van der Waals surface area (Å²) in [6, 6.07) is 12.2. The van der Waals surface area contributed by atoms with Crippen molar-refractivity contribution in [3.05, 3.63) is 59.9 Å². The Bertz CT molecular complexity index is 893. The first-order valence-corrected chi connectivity index (χ1v) is 10.4. The quantitative estimate of drug-likeness (QED) is 0.563. The molecule has 2 N–H and O–H groups in total. The van der Waals surface area contributed by atoms with Gasteiger partial charge in [-0.05, 0) is 35.6 Å². The number of aryl methyl sites for hydroxylation is 1. The average Bonchev–Trinajstić information content (AvgIpc) is 3.20. The first-order valence-electron chi connectivity index (χ1n) is 9.40. The molecule has 146 valence electrons. The maximum Gasteiger partial charge on any atom is 0.230 e. The lowest BCUT2D eigenvalue weighted by molar-refractivity contribution is -0.119. The minimum absolute atomic E-state index is 0.0153. The molecule has 0 saturated heterocycles. The molecule has 28 heavy (non-hydrogen) atoms. The van der Waals surface area contributed by atoms with E-state index in [1.807, 2.05) is 12.1 Å². The van der Waals surface area contributed by atoms with Crippen LogP contribution in [-0.4, -0.2) is 31.8 Å². The molecule has 0 spiro atoms. The van der Waals surface area contributed by atoms with Crippen molar-refractivity contribution >= 4 is 17.7 Å². The second-order valence-corrected chi connectivity index (χ2v) is 7.82. The van der Waals surface area contributed by atoms with E-state index < -0.39 is 0 Å². The van der Waals surface area contributed by atoms with E-state index in [4.69, 9.17) is 0 Å². The highest BCUT2D eigenvalue weighted by Gasteiger charge is 2.19. The molecule has 0 aliphatic carbocycles. The fourth-order valence-electron chi connectivity index (χ4n) is 2.89. The highest BCUT2D eigenvalue weighted by atomic mass is 32.2. The van der Waals surface area contributed by atoms with E-state index in [-0.39, 0.29) is 17.7 Å². The smallest absolute Gasteiger partial charge is 0.230 e. The normalized spacial score (nSPS) is 12.1. The fraction of sp³-hybridized carbons (Fsp3) is 0.333. The maximum absolute atomic E-state index is 12.5. The van der Waals surface area contributed by atoms with Gasteiger partial charge < -0.3 is 5.32 Å². The van der Waals surface area contributed by atoms with Crippen molar-refractivity contribution in [2.75, 3.05) is 5.75 Å². The number of carbonyl (C=O) groups is 1. The molecule has 0 bridgehead atoms. The molecule has 0 saturated carbocycles. The lowest BCUT2D eigenvalue weighted by Crippen LogP contribution is -2.33. The number of aromatic nitrogens is 4. The first-order chi connectivity index (χ1) is 13.6. The van der Waals surface area contributed by atoms with Gasteiger partial charge in [0.15, 0.2) is 5.82 Å². The number of nitrogens with one attached hydrogen (secondary N) is 2. The van der Waals surface area contributed by atoms with E-state index in [2.05, 4.69) is 70.5 Å². The fourth-order valence-corrected chi connectivity index (χ4v) is 3.50. The van der Waals surface area contributed by atoms with Gasteiger partial charge in [0.2, 0.25) is 11.1 Å². The minimum atomic E-state index is -0.0291. The van der Waals surface area contributed by atoms with E-state index >= 15 is 0 Å². The number of hydrogen-bond acceptors (Lipinski definition) is 5. The third-order valence-electron chi connectivity index (χ3n) is 4.48. The highest BCUT2D eigenvalue weighted by molar-refractivity contribution is 7.99. The summed E-state index contributed by atoms with van der Waals surface area (Å²) in [4.78, 5) is 20.9. The number of pyridine rings is 1. The van der Waals surface area contributed by atoms with Crippen LogP contribution in [-0.2, 0) is 11.2 Å². The van der Waals surface area contributed by atoms with Gasteiger partial charge in [0, 0.05) is 18.0 Å². The van der Waals surface area contributed by atoms with Gasteiger partial charge >= 0.3 is 0 Å². The van der Waals surface area contributed by atoms with E-state index in [1.165, 1.54) is 17.3 Å². The summed E-state index contributed by atoms with van der Waals surface area (Å²) in [6.45, 7) is 6.36. The Kier molecular flexibility index (Phi) is 6.81. The van der Waals surface area contributed by atoms with E-state index in [0.717, 1.165) is 17.5 Å². The van der Waals surface area contributed by atoms with Gasteiger partial charge in [0.05, 0.1) is 11.8 Å². The van der Waals surface area contributed by atoms with Crippen molar-refractivity contribution < 1.29 is 4.79 Å². The Morgan fingerprint density at radius 3 is 2.50 bits per heavy atom. The maximum atomic E-state index is 12.5. The number of nitrogens with zero attached hydrogens (tertiary/aromatic N) is 3. The van der Waals surface area contributed by atoms with Crippen molar-refractivity contribution in [3.8, 4) is 11.4 Å². The molecule has 1 amide bonds. The summed E-state index contributed by atoms with van der Waals surface area (Å²) in [5.74, 6) is 1.20. The van der Waals surface area contributed by atoms with Crippen LogP contribution in [0.25, 0.3) is 11.4 Å². The van der Waals surface area contributed by atoms with Crippen LogP contribution in [0.15, 0.2) is 53.9 Å². The molecule has 1 aromatic carbocycles. The molecule has 6 nitrogen and oxygen atoms in total. The zero-order valence-electron chi connectivity index (χ0n) is 16.3. The Labute approximate surface area is 169 Å². The number of aromatic amines is 1. The number of amides is 1. The molecule has 0 aliphatic rings. The molecule has 0 fully saturated rings. The number of rotatable bonds is 8. The van der Waals surface area contributed by atoms with Crippen LogP contribution in [0.4, 0.5) is 0 Å². The van der Waals surface area contributed by atoms with Crippen molar-refractivity contribution in [1.82, 2.24) is 25.5 Å². The van der Waals surface area contributed by atoms with Crippen molar-refractivity contribution in [1.29, 1.82) is 0 Å². The monoisotopic (exact) mass is 395 g/mol. The Balaban J connectivity index is 1.58. The Hall–Kier alpha value is -2.67. The third-order valence-corrected chi connectivity index (χ3v) is 5.33. The lowest BCUT2D eigenvalue weighted by Gasteiger charge is -2.23. The lowest BCUT2D eigenvalue weighted by atomic mass is 9.95. The number of benzene rings is 1. The zero-order chi connectivity index (χ0) is 19.9. The molecule has 1 atom stereocenters. The first kappa shape index (κ1) is 20.1. The Morgan fingerprint density at radius 1 is 1.14 bits per heavy atom. The Morgan fingerprint density at radius 2 is 1.86 bits per heavy atom. The molecule has 0 unspecified atom stereocenters. The molecular formula is C21H25N5OS. The minimum Gasteiger partial charge on any atom is -0.348 e. The van der Waals surface area contributed by atoms with Crippen LogP contribution in [0.1, 0.15) is 37.9 Å². The molecule has 7 heteroatoms. The SMILES string of the molecule is CCc1ccc([C@@H](NC(=O)CSc2n[nH]c(-c3ccncc3)n2)C(C)C)cc1. The van der Waals surface area contributed by atoms with Crippen molar-refractivity contribution in [2.24, 2.45) is 5.92 Å². The average molecular weight is 396 g/mol. The summed E-state index contributed by atoms with van der Waals surface area (Å²) < 4.78 is 0. The van der Waals surface area contributed by atoms with Gasteiger partial charge in [-0.15, -0.1) is 5.10 Å². The molecule has 2 aromatic heterocycles. The predicted molar refractivity (Wildman–Crippen MR) is 112 cm³/mol. The molecule has 0 aliphatic heterocycles. The van der Waals surface area contributed by atoms with Gasteiger partial charge in [-0.2, -0.15) is 0 Å². The van der Waals surface area contributed by atoms with Crippen LogP contribution in [0, 0.1) is 5.92 Å². The number of hydrogen-bond donors (Lipinski definition) is 2. The molecular weight excluding hydrogens is 370 g/mol.